The third-order valence-electron chi connectivity index (χ3n) is 2.00. The Labute approximate surface area is 95.8 Å². The standard InChI is InChI=1S/C10H11BrO2S/c1-6(10(12)13)7-3-8(11)5-9(4-7)14-2/h3-6H,1-2H3,(H,12,13). The van der Waals surface area contributed by atoms with Crippen molar-refractivity contribution in [1.82, 2.24) is 0 Å². The molecule has 0 bridgehead atoms. The van der Waals surface area contributed by atoms with Crippen LogP contribution in [0.2, 0.25) is 0 Å². The average Bonchev–Trinajstić information content (AvgIpc) is 2.15. The molecule has 4 heteroatoms. The first-order valence-electron chi connectivity index (χ1n) is 4.12. The fraction of sp³-hybridized carbons (Fsp3) is 0.300. The van der Waals surface area contributed by atoms with Crippen LogP contribution >= 0.6 is 27.7 Å². The molecule has 14 heavy (non-hydrogen) atoms. The lowest BCUT2D eigenvalue weighted by Crippen LogP contribution is -2.07. The van der Waals surface area contributed by atoms with Gasteiger partial charge in [-0.2, -0.15) is 0 Å². The van der Waals surface area contributed by atoms with Crippen molar-refractivity contribution in [3.63, 3.8) is 0 Å². The highest BCUT2D eigenvalue weighted by molar-refractivity contribution is 9.10. The normalized spacial score (nSPS) is 12.5. The third kappa shape index (κ3) is 2.75. The Bertz CT molecular complexity index is 352. The van der Waals surface area contributed by atoms with E-state index in [-0.39, 0.29) is 0 Å². The van der Waals surface area contributed by atoms with Gasteiger partial charge in [0.2, 0.25) is 0 Å². The predicted molar refractivity (Wildman–Crippen MR) is 62.0 cm³/mol. The van der Waals surface area contributed by atoms with Gasteiger partial charge in [0.25, 0.3) is 0 Å². The summed E-state index contributed by atoms with van der Waals surface area (Å²) in [5.74, 6) is -1.26. The Hall–Kier alpha value is -0.480. The maximum atomic E-state index is 10.8. The van der Waals surface area contributed by atoms with Crippen LogP contribution in [-0.2, 0) is 4.79 Å². The van der Waals surface area contributed by atoms with Crippen LogP contribution in [0.1, 0.15) is 18.4 Å². The molecular formula is C10H11BrO2S. The molecule has 1 aromatic rings. The molecule has 1 aromatic carbocycles. The summed E-state index contributed by atoms with van der Waals surface area (Å²) in [6.07, 6.45) is 1.97. The predicted octanol–water partition coefficient (Wildman–Crippen LogP) is 3.36. The van der Waals surface area contributed by atoms with Crippen molar-refractivity contribution < 1.29 is 9.90 Å². The summed E-state index contributed by atoms with van der Waals surface area (Å²) >= 11 is 4.97. The van der Waals surface area contributed by atoms with Gasteiger partial charge in [0.1, 0.15) is 0 Å². The summed E-state index contributed by atoms with van der Waals surface area (Å²) in [7, 11) is 0. The van der Waals surface area contributed by atoms with E-state index in [1.54, 1.807) is 18.7 Å². The number of benzene rings is 1. The number of thioether (sulfide) groups is 1. The summed E-state index contributed by atoms with van der Waals surface area (Å²) in [6, 6.07) is 5.73. The zero-order valence-electron chi connectivity index (χ0n) is 7.95. The van der Waals surface area contributed by atoms with E-state index in [1.807, 2.05) is 24.5 Å². The SMILES string of the molecule is CSc1cc(Br)cc(C(C)C(=O)O)c1. The van der Waals surface area contributed by atoms with Gasteiger partial charge >= 0.3 is 5.97 Å². The summed E-state index contributed by atoms with van der Waals surface area (Å²) in [4.78, 5) is 11.9. The lowest BCUT2D eigenvalue weighted by atomic mass is 10.0. The number of halogens is 1. The summed E-state index contributed by atoms with van der Waals surface area (Å²) in [5, 5.41) is 8.87. The number of carbonyl (C=O) groups is 1. The van der Waals surface area contributed by atoms with E-state index in [9.17, 15) is 4.79 Å². The van der Waals surface area contributed by atoms with Crippen LogP contribution in [0, 0.1) is 0 Å². The van der Waals surface area contributed by atoms with Crippen molar-refractivity contribution in [3.8, 4) is 0 Å². The monoisotopic (exact) mass is 274 g/mol. The quantitative estimate of drug-likeness (QED) is 0.859. The van der Waals surface area contributed by atoms with Gasteiger partial charge in [-0.3, -0.25) is 4.79 Å². The number of carboxylic acids is 1. The molecule has 1 rings (SSSR count). The van der Waals surface area contributed by atoms with E-state index in [0.29, 0.717) is 0 Å². The molecule has 0 heterocycles. The smallest absolute Gasteiger partial charge is 0.310 e. The van der Waals surface area contributed by atoms with Gasteiger partial charge < -0.3 is 5.11 Å². The summed E-state index contributed by atoms with van der Waals surface area (Å²) in [6.45, 7) is 1.69. The van der Waals surface area contributed by atoms with Gasteiger partial charge in [0, 0.05) is 9.37 Å². The van der Waals surface area contributed by atoms with Gasteiger partial charge in [-0.05, 0) is 36.9 Å². The molecule has 2 nitrogen and oxygen atoms in total. The molecule has 0 aliphatic rings. The lowest BCUT2D eigenvalue weighted by Gasteiger charge is -2.08. The lowest BCUT2D eigenvalue weighted by molar-refractivity contribution is -0.138. The molecular weight excluding hydrogens is 264 g/mol. The Morgan fingerprint density at radius 3 is 2.64 bits per heavy atom. The zero-order chi connectivity index (χ0) is 10.7. The maximum Gasteiger partial charge on any atom is 0.310 e. The Balaban J connectivity index is 3.08. The number of rotatable bonds is 3. The molecule has 0 spiro atoms. The molecule has 0 aromatic heterocycles. The average molecular weight is 275 g/mol. The Morgan fingerprint density at radius 2 is 2.14 bits per heavy atom. The summed E-state index contributed by atoms with van der Waals surface area (Å²) < 4.78 is 0.924. The van der Waals surface area contributed by atoms with Crippen LogP contribution in [0.15, 0.2) is 27.6 Å². The van der Waals surface area contributed by atoms with E-state index in [2.05, 4.69) is 15.9 Å². The number of hydrogen-bond acceptors (Lipinski definition) is 2. The largest absolute Gasteiger partial charge is 0.481 e. The van der Waals surface area contributed by atoms with E-state index in [0.717, 1.165) is 14.9 Å². The second-order valence-electron chi connectivity index (χ2n) is 2.98. The van der Waals surface area contributed by atoms with E-state index >= 15 is 0 Å². The Morgan fingerprint density at radius 1 is 1.50 bits per heavy atom. The van der Waals surface area contributed by atoms with Gasteiger partial charge in [-0.15, -0.1) is 11.8 Å². The van der Waals surface area contributed by atoms with Crippen molar-refractivity contribution in [3.05, 3.63) is 28.2 Å². The van der Waals surface area contributed by atoms with Crippen molar-refractivity contribution in [2.45, 2.75) is 17.7 Å². The van der Waals surface area contributed by atoms with Crippen LogP contribution in [0.4, 0.5) is 0 Å². The fourth-order valence-electron chi connectivity index (χ4n) is 1.09. The minimum atomic E-state index is -0.796. The first kappa shape index (κ1) is 11.6. The van der Waals surface area contributed by atoms with Gasteiger partial charge in [0.05, 0.1) is 5.92 Å². The molecule has 1 N–H and O–H groups in total. The molecule has 0 radical (unpaired) electrons. The fourth-order valence-corrected chi connectivity index (χ4v) is 2.26. The van der Waals surface area contributed by atoms with Crippen LogP contribution in [-0.4, -0.2) is 17.3 Å². The van der Waals surface area contributed by atoms with Gasteiger partial charge in [-0.1, -0.05) is 15.9 Å². The van der Waals surface area contributed by atoms with E-state index < -0.39 is 11.9 Å². The highest BCUT2D eigenvalue weighted by Crippen LogP contribution is 2.26. The highest BCUT2D eigenvalue weighted by Gasteiger charge is 2.14. The molecule has 1 atom stereocenters. The molecule has 0 fully saturated rings. The zero-order valence-corrected chi connectivity index (χ0v) is 10.4. The first-order valence-corrected chi connectivity index (χ1v) is 6.13. The van der Waals surface area contributed by atoms with Gasteiger partial charge in [0.15, 0.2) is 0 Å². The number of carboxylic acid groups (broad SMARTS) is 1. The van der Waals surface area contributed by atoms with Crippen LogP contribution in [0.5, 0.6) is 0 Å². The number of aliphatic carboxylic acids is 1. The molecule has 0 saturated heterocycles. The topological polar surface area (TPSA) is 37.3 Å². The molecule has 0 amide bonds. The van der Waals surface area contributed by atoms with Crippen molar-refractivity contribution in [2.75, 3.05) is 6.26 Å². The third-order valence-corrected chi connectivity index (χ3v) is 3.16. The van der Waals surface area contributed by atoms with E-state index in [1.165, 1.54) is 0 Å². The van der Waals surface area contributed by atoms with Crippen molar-refractivity contribution >= 4 is 33.7 Å². The van der Waals surface area contributed by atoms with Crippen molar-refractivity contribution in [2.24, 2.45) is 0 Å². The molecule has 0 saturated carbocycles. The van der Waals surface area contributed by atoms with Gasteiger partial charge in [-0.25, -0.2) is 0 Å². The Kier molecular flexibility index (Phi) is 4.01. The summed E-state index contributed by atoms with van der Waals surface area (Å²) in [5.41, 5.74) is 0.830. The molecule has 0 aliphatic carbocycles. The van der Waals surface area contributed by atoms with Crippen LogP contribution in [0.3, 0.4) is 0 Å². The van der Waals surface area contributed by atoms with Crippen LogP contribution in [0.25, 0.3) is 0 Å². The van der Waals surface area contributed by atoms with Crippen LogP contribution < -0.4 is 0 Å². The minimum absolute atomic E-state index is 0.460. The first-order chi connectivity index (χ1) is 6.54. The number of hydrogen-bond donors (Lipinski definition) is 1. The molecule has 76 valence electrons. The maximum absolute atomic E-state index is 10.8. The molecule has 1 unspecified atom stereocenters. The second kappa shape index (κ2) is 4.84. The molecule has 0 aliphatic heterocycles. The highest BCUT2D eigenvalue weighted by atomic mass is 79.9. The van der Waals surface area contributed by atoms with Crippen molar-refractivity contribution in [1.29, 1.82) is 0 Å². The van der Waals surface area contributed by atoms with E-state index in [4.69, 9.17) is 5.11 Å². The second-order valence-corrected chi connectivity index (χ2v) is 4.78. The minimum Gasteiger partial charge on any atom is -0.481 e.